The molecule has 0 radical (unpaired) electrons. The van der Waals surface area contributed by atoms with Crippen LogP contribution in [0.3, 0.4) is 0 Å². The molecule has 304 valence electrons. The Morgan fingerprint density at radius 1 is 0.623 bits per heavy atom. The molecule has 10 nitrogen and oxygen atoms in total. The van der Waals surface area contributed by atoms with Crippen LogP contribution in [-0.2, 0) is 47.6 Å². The van der Waals surface area contributed by atoms with Gasteiger partial charge in [-0.15, -0.1) is 0 Å². The summed E-state index contributed by atoms with van der Waals surface area (Å²) in [5.74, 6) is -0.999. The molecule has 8 atom stereocenters. The van der Waals surface area contributed by atoms with Crippen LogP contribution in [-0.4, -0.2) is 72.7 Å². The van der Waals surface area contributed by atoms with Crippen molar-refractivity contribution in [1.82, 2.24) is 0 Å². The molecular weight excluding hydrogens is 676 g/mol. The quantitative estimate of drug-likeness (QED) is 0.0434. The third-order valence-electron chi connectivity index (χ3n) is 11.0. The first-order chi connectivity index (χ1) is 25.5. The molecule has 3 rings (SSSR count). The summed E-state index contributed by atoms with van der Waals surface area (Å²) in [6.07, 6.45) is 24.6. The Labute approximate surface area is 320 Å². The van der Waals surface area contributed by atoms with Crippen molar-refractivity contribution < 1.29 is 47.6 Å². The van der Waals surface area contributed by atoms with Crippen LogP contribution in [0.15, 0.2) is 11.6 Å². The van der Waals surface area contributed by atoms with Crippen molar-refractivity contribution in [2.75, 3.05) is 0 Å². The van der Waals surface area contributed by atoms with Gasteiger partial charge in [-0.3, -0.25) is 14.4 Å². The van der Waals surface area contributed by atoms with E-state index < -0.39 is 0 Å². The molecule has 0 bridgehead atoms. The molecule has 0 N–H and O–H groups in total. The van der Waals surface area contributed by atoms with Crippen molar-refractivity contribution in [3.63, 3.8) is 0 Å². The molecule has 0 aromatic rings. The second-order valence-corrected chi connectivity index (χ2v) is 15.8. The smallest absolute Gasteiger partial charge is 0.334 e. The fraction of sp³-hybridized carbons (Fsp3) is 0.860. The zero-order chi connectivity index (χ0) is 38.4. The SMILES string of the molecule is CCCCCCCCCC[C@@H](OC(C)=O)[C@H]1CC[C@H]([C@H]2CC[C@H]([C@@H](CCCC[C@H](CCCCCCCC3=C[C@H](C)OC3=O)OC(C)=O)OC(C)=O)O2)O1. The minimum absolute atomic E-state index is 0.0589. The largest absolute Gasteiger partial charge is 0.463 e. The number of hydrogen-bond acceptors (Lipinski definition) is 10. The van der Waals surface area contributed by atoms with Gasteiger partial charge in [-0.25, -0.2) is 4.79 Å². The average molecular weight is 749 g/mol. The summed E-state index contributed by atoms with van der Waals surface area (Å²) in [5, 5.41) is 0. The van der Waals surface area contributed by atoms with Gasteiger partial charge < -0.3 is 28.4 Å². The van der Waals surface area contributed by atoms with Crippen molar-refractivity contribution in [2.24, 2.45) is 0 Å². The Hall–Kier alpha value is -2.46. The zero-order valence-corrected chi connectivity index (χ0v) is 33.7. The van der Waals surface area contributed by atoms with Gasteiger partial charge >= 0.3 is 23.9 Å². The molecule has 0 aromatic heterocycles. The molecule has 53 heavy (non-hydrogen) atoms. The zero-order valence-electron chi connectivity index (χ0n) is 33.7. The summed E-state index contributed by atoms with van der Waals surface area (Å²) >= 11 is 0. The lowest BCUT2D eigenvalue weighted by Gasteiger charge is -2.27. The minimum Gasteiger partial charge on any atom is -0.463 e. The number of cyclic esters (lactones) is 1. The highest BCUT2D eigenvalue weighted by molar-refractivity contribution is 5.90. The fourth-order valence-corrected chi connectivity index (χ4v) is 8.27. The molecule has 0 unspecified atom stereocenters. The lowest BCUT2D eigenvalue weighted by Crippen LogP contribution is -2.35. The number of rotatable bonds is 28. The average Bonchev–Trinajstić information content (AvgIpc) is 3.86. The van der Waals surface area contributed by atoms with Gasteiger partial charge in [0.05, 0.1) is 24.4 Å². The van der Waals surface area contributed by atoms with Gasteiger partial charge in [-0.05, 0) is 103 Å². The van der Waals surface area contributed by atoms with Crippen LogP contribution in [0.4, 0.5) is 0 Å². The van der Waals surface area contributed by atoms with Crippen LogP contribution in [0, 0.1) is 0 Å². The molecule has 3 heterocycles. The second kappa shape index (κ2) is 25.6. The highest BCUT2D eigenvalue weighted by atomic mass is 16.6. The van der Waals surface area contributed by atoms with E-state index in [1.54, 1.807) is 0 Å². The Balaban J connectivity index is 1.36. The van der Waals surface area contributed by atoms with Crippen LogP contribution in [0.1, 0.15) is 189 Å². The molecule has 3 aliphatic heterocycles. The van der Waals surface area contributed by atoms with E-state index in [1.807, 2.05) is 13.0 Å². The van der Waals surface area contributed by atoms with E-state index in [-0.39, 0.29) is 72.7 Å². The molecule has 2 saturated heterocycles. The number of esters is 4. The van der Waals surface area contributed by atoms with Gasteiger partial charge in [-0.1, -0.05) is 71.1 Å². The number of ether oxygens (including phenoxy) is 6. The van der Waals surface area contributed by atoms with E-state index in [4.69, 9.17) is 28.4 Å². The summed E-state index contributed by atoms with van der Waals surface area (Å²) in [6.45, 7) is 8.51. The molecule has 0 amide bonds. The van der Waals surface area contributed by atoms with E-state index in [9.17, 15) is 19.2 Å². The van der Waals surface area contributed by atoms with E-state index in [0.29, 0.717) is 6.42 Å². The van der Waals surface area contributed by atoms with Crippen molar-refractivity contribution >= 4 is 23.9 Å². The standard InChI is InChI=1S/C43H72O10/c1-6-7-8-9-10-11-15-18-24-37(50-33(4)45)39-26-28-41(52-39)42-29-27-40(53-42)38(51-34(5)46)25-20-19-23-36(49-32(3)44)22-17-14-12-13-16-21-35-30-31(2)48-43(35)47/h30-31,36-42H,6-29H2,1-5H3/t31-,36-,37+,38+,39+,40+,41+,42+/m0/s1. The van der Waals surface area contributed by atoms with Crippen molar-refractivity contribution in [3.05, 3.63) is 11.6 Å². The van der Waals surface area contributed by atoms with Crippen LogP contribution < -0.4 is 0 Å². The highest BCUT2D eigenvalue weighted by Gasteiger charge is 2.42. The lowest BCUT2D eigenvalue weighted by atomic mass is 9.99. The Kier molecular flexibility index (Phi) is 21.7. The second-order valence-electron chi connectivity index (χ2n) is 15.8. The number of carbonyl (C=O) groups is 4. The summed E-state index contributed by atoms with van der Waals surface area (Å²) in [7, 11) is 0. The first-order valence-corrected chi connectivity index (χ1v) is 21.3. The van der Waals surface area contributed by atoms with Crippen molar-refractivity contribution in [1.29, 1.82) is 0 Å². The summed E-state index contributed by atoms with van der Waals surface area (Å²) in [5.41, 5.74) is 0.800. The molecule has 2 fully saturated rings. The van der Waals surface area contributed by atoms with Crippen LogP contribution >= 0.6 is 0 Å². The third kappa shape index (κ3) is 18.2. The topological polar surface area (TPSA) is 124 Å². The number of hydrogen-bond donors (Lipinski definition) is 0. The molecule has 0 saturated carbocycles. The Morgan fingerprint density at radius 2 is 1.06 bits per heavy atom. The van der Waals surface area contributed by atoms with Crippen molar-refractivity contribution in [3.8, 4) is 0 Å². The van der Waals surface area contributed by atoms with E-state index in [2.05, 4.69) is 6.92 Å². The van der Waals surface area contributed by atoms with Gasteiger partial charge in [0.2, 0.25) is 0 Å². The highest BCUT2D eigenvalue weighted by Crippen LogP contribution is 2.36. The number of unbranched alkanes of at least 4 members (excludes halogenated alkanes) is 12. The van der Waals surface area contributed by atoms with Crippen LogP contribution in [0.5, 0.6) is 0 Å². The molecule has 0 spiro atoms. The third-order valence-corrected chi connectivity index (χ3v) is 11.0. The van der Waals surface area contributed by atoms with E-state index in [0.717, 1.165) is 115 Å². The van der Waals surface area contributed by atoms with Gasteiger partial charge in [0.25, 0.3) is 0 Å². The molecule has 3 aliphatic rings. The van der Waals surface area contributed by atoms with Gasteiger partial charge in [0, 0.05) is 26.3 Å². The van der Waals surface area contributed by atoms with Gasteiger partial charge in [0.1, 0.15) is 24.4 Å². The van der Waals surface area contributed by atoms with E-state index in [1.165, 1.54) is 59.3 Å². The fourth-order valence-electron chi connectivity index (χ4n) is 8.27. The summed E-state index contributed by atoms with van der Waals surface area (Å²) in [6, 6.07) is 0. The predicted molar refractivity (Wildman–Crippen MR) is 204 cm³/mol. The molecule has 0 aromatic carbocycles. The lowest BCUT2D eigenvalue weighted by molar-refractivity contribution is -0.164. The predicted octanol–water partition coefficient (Wildman–Crippen LogP) is 9.57. The summed E-state index contributed by atoms with van der Waals surface area (Å²) < 4.78 is 35.4. The molecule has 0 aliphatic carbocycles. The Morgan fingerprint density at radius 3 is 1.53 bits per heavy atom. The Bertz CT molecular complexity index is 1120. The van der Waals surface area contributed by atoms with Crippen LogP contribution in [0.25, 0.3) is 0 Å². The minimum atomic E-state index is -0.331. The summed E-state index contributed by atoms with van der Waals surface area (Å²) in [4.78, 5) is 47.6. The van der Waals surface area contributed by atoms with Gasteiger partial charge in [0.15, 0.2) is 0 Å². The maximum atomic E-state index is 12.1. The maximum absolute atomic E-state index is 12.1. The first-order valence-electron chi connectivity index (χ1n) is 21.3. The van der Waals surface area contributed by atoms with Crippen LogP contribution in [0.2, 0.25) is 0 Å². The van der Waals surface area contributed by atoms with Crippen molar-refractivity contribution in [2.45, 2.75) is 238 Å². The van der Waals surface area contributed by atoms with E-state index >= 15 is 0 Å². The monoisotopic (exact) mass is 749 g/mol. The number of carbonyl (C=O) groups excluding carboxylic acids is 4. The first kappa shape index (κ1) is 44.9. The van der Waals surface area contributed by atoms with Gasteiger partial charge in [-0.2, -0.15) is 0 Å². The molecule has 10 heteroatoms. The maximum Gasteiger partial charge on any atom is 0.334 e. The normalized spacial score (nSPS) is 24.4. The molecular formula is C43H72O10.